The Balaban J connectivity index is 2.24. The highest BCUT2D eigenvalue weighted by Crippen LogP contribution is 2.23. The molecule has 24 heavy (non-hydrogen) atoms. The lowest BCUT2D eigenvalue weighted by atomic mass is 10.0. The minimum absolute atomic E-state index is 0.244. The van der Waals surface area contributed by atoms with Crippen LogP contribution in [0.25, 0.3) is 11.6 Å². The lowest BCUT2D eigenvalue weighted by Gasteiger charge is -2.07. The molecule has 3 nitrogen and oxygen atoms in total. The number of rotatable bonds is 5. The van der Waals surface area contributed by atoms with Crippen LogP contribution in [0, 0.1) is 17.2 Å². The molecule has 0 aliphatic heterocycles. The molecule has 122 valence electrons. The van der Waals surface area contributed by atoms with Crippen LogP contribution >= 0.6 is 11.6 Å². The molecule has 4 heteroatoms. The third kappa shape index (κ3) is 5.26. The van der Waals surface area contributed by atoms with E-state index in [-0.39, 0.29) is 11.9 Å². The first kappa shape index (κ1) is 17.8. The monoisotopic (exact) mass is 339 g/mol. The van der Waals surface area contributed by atoms with E-state index < -0.39 is 0 Å². The highest BCUT2D eigenvalue weighted by Gasteiger charge is 2.08. The first-order chi connectivity index (χ1) is 11.5. The van der Waals surface area contributed by atoms with Crippen LogP contribution in [0.1, 0.15) is 31.4 Å². The van der Waals surface area contributed by atoms with Crippen LogP contribution in [0.2, 0.25) is 5.02 Å². The summed E-state index contributed by atoms with van der Waals surface area (Å²) in [7, 11) is 0. The number of nitrogens with zero attached hydrogens (tertiary/aromatic N) is 1. The molecular formula is C20H18ClNO2. The van der Waals surface area contributed by atoms with Crippen molar-refractivity contribution in [3.05, 3.63) is 64.7 Å². The fourth-order valence-corrected chi connectivity index (χ4v) is 2.37. The Morgan fingerprint density at radius 1 is 1.25 bits per heavy atom. The van der Waals surface area contributed by atoms with E-state index in [2.05, 4.69) is 6.07 Å². The second-order valence-corrected chi connectivity index (χ2v) is 6.26. The Morgan fingerprint density at radius 2 is 2.00 bits per heavy atom. The SMILES string of the molecule is CC(C)CC(=O)Oc1cccc(/C=C(/C#N)c2cccc(Cl)c2)c1. The van der Waals surface area contributed by atoms with Crippen LogP contribution in [-0.2, 0) is 4.79 Å². The van der Waals surface area contributed by atoms with Crippen LogP contribution in [0.3, 0.4) is 0 Å². The van der Waals surface area contributed by atoms with Crippen molar-refractivity contribution in [3.8, 4) is 11.8 Å². The van der Waals surface area contributed by atoms with Crippen LogP contribution in [0.15, 0.2) is 48.5 Å². The van der Waals surface area contributed by atoms with Gasteiger partial charge in [0.05, 0.1) is 11.6 Å². The maximum Gasteiger partial charge on any atom is 0.311 e. The van der Waals surface area contributed by atoms with Crippen LogP contribution in [-0.4, -0.2) is 5.97 Å². The Hall–Kier alpha value is -2.57. The van der Waals surface area contributed by atoms with Gasteiger partial charge >= 0.3 is 5.97 Å². The molecule has 0 heterocycles. The van der Waals surface area contributed by atoms with Gasteiger partial charge in [-0.25, -0.2) is 0 Å². The predicted molar refractivity (Wildman–Crippen MR) is 96.5 cm³/mol. The summed E-state index contributed by atoms with van der Waals surface area (Å²) >= 11 is 5.98. The molecule has 0 unspecified atom stereocenters. The Kier molecular flexibility index (Phi) is 6.17. The van der Waals surface area contributed by atoms with E-state index >= 15 is 0 Å². The summed E-state index contributed by atoms with van der Waals surface area (Å²) in [6.45, 7) is 3.93. The van der Waals surface area contributed by atoms with Crippen LogP contribution < -0.4 is 4.74 Å². The van der Waals surface area contributed by atoms with E-state index in [1.165, 1.54) is 0 Å². The average Bonchev–Trinajstić information content (AvgIpc) is 2.52. The summed E-state index contributed by atoms with van der Waals surface area (Å²) in [5.41, 5.74) is 2.01. The molecule has 0 spiro atoms. The number of hydrogen-bond donors (Lipinski definition) is 0. The quantitative estimate of drug-likeness (QED) is 0.319. The van der Waals surface area contributed by atoms with Crippen molar-refractivity contribution in [2.75, 3.05) is 0 Å². The van der Waals surface area contributed by atoms with Gasteiger partial charge in [0, 0.05) is 11.4 Å². The van der Waals surface area contributed by atoms with Crippen LogP contribution in [0.4, 0.5) is 0 Å². The summed E-state index contributed by atoms with van der Waals surface area (Å²) in [4.78, 5) is 11.8. The van der Waals surface area contributed by atoms with Crippen LogP contribution in [0.5, 0.6) is 5.75 Å². The van der Waals surface area contributed by atoms with E-state index in [1.807, 2.05) is 26.0 Å². The van der Waals surface area contributed by atoms with E-state index in [0.717, 1.165) is 11.1 Å². The van der Waals surface area contributed by atoms with Gasteiger partial charge in [-0.2, -0.15) is 5.26 Å². The van der Waals surface area contributed by atoms with Crippen molar-refractivity contribution >= 4 is 29.2 Å². The maximum absolute atomic E-state index is 11.8. The van der Waals surface area contributed by atoms with Crippen molar-refractivity contribution in [1.82, 2.24) is 0 Å². The normalized spacial score (nSPS) is 11.2. The zero-order valence-corrected chi connectivity index (χ0v) is 14.4. The molecule has 0 amide bonds. The van der Waals surface area contributed by atoms with E-state index in [0.29, 0.717) is 22.8 Å². The largest absolute Gasteiger partial charge is 0.427 e. The topological polar surface area (TPSA) is 50.1 Å². The third-order valence-electron chi connectivity index (χ3n) is 3.23. The zero-order valence-electron chi connectivity index (χ0n) is 13.6. The summed E-state index contributed by atoms with van der Waals surface area (Å²) in [5.74, 6) is 0.452. The standard InChI is InChI=1S/C20H18ClNO2/c1-14(2)9-20(23)24-19-8-3-5-15(11-19)10-17(13-22)16-6-4-7-18(21)12-16/h3-8,10-12,14H,9H2,1-2H3/b17-10-. The van der Waals surface area contributed by atoms with Gasteiger partial charge in [0.2, 0.25) is 0 Å². The Bertz CT molecular complexity index is 803. The summed E-state index contributed by atoms with van der Waals surface area (Å²) in [6.07, 6.45) is 2.11. The summed E-state index contributed by atoms with van der Waals surface area (Å²) < 4.78 is 5.33. The first-order valence-electron chi connectivity index (χ1n) is 7.66. The lowest BCUT2D eigenvalue weighted by Crippen LogP contribution is -2.10. The fraction of sp³-hybridized carbons (Fsp3) is 0.200. The molecule has 0 fully saturated rings. The summed E-state index contributed by atoms with van der Waals surface area (Å²) in [5, 5.41) is 9.97. The summed E-state index contributed by atoms with van der Waals surface area (Å²) in [6, 6.07) is 16.4. The van der Waals surface area contributed by atoms with Gasteiger partial charge in [-0.1, -0.05) is 49.7 Å². The van der Waals surface area contributed by atoms with Gasteiger partial charge in [0.1, 0.15) is 5.75 Å². The Labute approximate surface area is 147 Å². The van der Waals surface area contributed by atoms with Gasteiger partial charge < -0.3 is 4.74 Å². The van der Waals surface area contributed by atoms with E-state index in [4.69, 9.17) is 16.3 Å². The molecule has 2 rings (SSSR count). The number of carbonyl (C=O) groups excluding carboxylic acids is 1. The zero-order chi connectivity index (χ0) is 17.5. The number of carbonyl (C=O) groups is 1. The molecule has 2 aromatic rings. The first-order valence-corrected chi connectivity index (χ1v) is 8.04. The van der Waals surface area contributed by atoms with Gasteiger partial charge in [0.15, 0.2) is 0 Å². The van der Waals surface area contributed by atoms with Gasteiger partial charge in [-0.05, 0) is 47.4 Å². The molecule has 0 aliphatic carbocycles. The van der Waals surface area contributed by atoms with Gasteiger partial charge in [-0.15, -0.1) is 0 Å². The molecule has 0 N–H and O–H groups in total. The minimum atomic E-state index is -0.263. The molecule has 0 aliphatic rings. The van der Waals surface area contributed by atoms with Gasteiger partial charge in [0.25, 0.3) is 0 Å². The molecule has 0 saturated carbocycles. The maximum atomic E-state index is 11.8. The molecule has 0 aromatic heterocycles. The fourth-order valence-electron chi connectivity index (χ4n) is 2.18. The van der Waals surface area contributed by atoms with Crippen molar-refractivity contribution < 1.29 is 9.53 Å². The molecule has 0 atom stereocenters. The highest BCUT2D eigenvalue weighted by molar-refractivity contribution is 6.30. The number of esters is 1. The second-order valence-electron chi connectivity index (χ2n) is 5.82. The molecule has 0 saturated heterocycles. The molecule has 0 radical (unpaired) electrons. The molecule has 0 bridgehead atoms. The molecule has 2 aromatic carbocycles. The second kappa shape index (κ2) is 8.33. The smallest absolute Gasteiger partial charge is 0.311 e. The number of benzene rings is 2. The third-order valence-corrected chi connectivity index (χ3v) is 3.47. The average molecular weight is 340 g/mol. The number of hydrogen-bond acceptors (Lipinski definition) is 3. The van der Waals surface area contributed by atoms with E-state index in [9.17, 15) is 10.1 Å². The number of allylic oxidation sites excluding steroid dienone is 1. The number of nitriles is 1. The molecular weight excluding hydrogens is 322 g/mol. The Morgan fingerprint density at radius 3 is 2.67 bits per heavy atom. The lowest BCUT2D eigenvalue weighted by molar-refractivity contribution is -0.135. The van der Waals surface area contributed by atoms with E-state index in [1.54, 1.807) is 42.5 Å². The van der Waals surface area contributed by atoms with Crippen molar-refractivity contribution in [2.24, 2.45) is 5.92 Å². The number of ether oxygens (including phenoxy) is 1. The highest BCUT2D eigenvalue weighted by atomic mass is 35.5. The predicted octanol–water partition coefficient (Wildman–Crippen LogP) is 5.36. The minimum Gasteiger partial charge on any atom is -0.427 e. The van der Waals surface area contributed by atoms with Crippen molar-refractivity contribution in [1.29, 1.82) is 5.26 Å². The number of halogens is 1. The van der Waals surface area contributed by atoms with Crippen molar-refractivity contribution in [3.63, 3.8) is 0 Å². The van der Waals surface area contributed by atoms with Gasteiger partial charge in [-0.3, -0.25) is 4.79 Å². The van der Waals surface area contributed by atoms with Crippen molar-refractivity contribution in [2.45, 2.75) is 20.3 Å².